The highest BCUT2D eigenvalue weighted by Crippen LogP contribution is 2.40. The maximum atomic E-state index is 10.4. The summed E-state index contributed by atoms with van der Waals surface area (Å²) in [4.78, 5) is 0. The fraction of sp³-hybridized carbons (Fsp3) is 0.636. The SMILES string of the molecule is CC1(C)OC2OC(C(O)COc3c(I)cc(I)cc3I)C(O)C2O1.Cc1cc(C)c(OCC(O)C2OC3OC(C)(C)OC3C2O)c(C)c1. The number of aryl methyl sites for hydroxylation is 3. The van der Waals surface area contributed by atoms with E-state index in [1.165, 1.54) is 0 Å². The molecule has 0 radical (unpaired) electrons. The first kappa shape index (κ1) is 39.0. The fourth-order valence-electron chi connectivity index (χ4n) is 6.26. The topological polar surface area (TPSA) is 155 Å². The van der Waals surface area contributed by atoms with Gasteiger partial charge in [-0.2, -0.15) is 0 Å². The summed E-state index contributed by atoms with van der Waals surface area (Å²) in [5, 5.41) is 41.5. The van der Waals surface area contributed by atoms with Crippen LogP contribution in [-0.4, -0.2) is 107 Å². The van der Waals surface area contributed by atoms with Gasteiger partial charge in [-0.3, -0.25) is 0 Å². The van der Waals surface area contributed by atoms with E-state index in [1.807, 2.05) is 45.0 Å². The van der Waals surface area contributed by atoms with Crippen molar-refractivity contribution in [2.24, 2.45) is 0 Å². The molecular weight excluding hydrogens is 969 g/mol. The molecule has 4 saturated heterocycles. The molecule has 268 valence electrons. The zero-order valence-corrected chi connectivity index (χ0v) is 34.2. The molecule has 10 unspecified atom stereocenters. The molecule has 6 rings (SSSR count). The Kier molecular flexibility index (Phi) is 12.6. The van der Waals surface area contributed by atoms with Crippen LogP contribution in [0.2, 0.25) is 0 Å². The Morgan fingerprint density at radius 1 is 0.667 bits per heavy atom. The van der Waals surface area contributed by atoms with Crippen LogP contribution in [0.3, 0.4) is 0 Å². The molecule has 0 saturated carbocycles. The van der Waals surface area contributed by atoms with Gasteiger partial charge in [0.1, 0.15) is 73.5 Å². The lowest BCUT2D eigenvalue weighted by molar-refractivity contribution is -0.227. The second-order valence-electron chi connectivity index (χ2n) is 13.3. The number of hydrogen-bond acceptors (Lipinski definition) is 12. The molecule has 0 spiro atoms. The number of aliphatic hydroxyl groups is 4. The van der Waals surface area contributed by atoms with Crippen LogP contribution in [0.15, 0.2) is 24.3 Å². The summed E-state index contributed by atoms with van der Waals surface area (Å²) >= 11 is 6.64. The van der Waals surface area contributed by atoms with E-state index in [0.717, 1.165) is 38.9 Å². The van der Waals surface area contributed by atoms with Crippen LogP contribution in [-0.2, 0) is 28.4 Å². The van der Waals surface area contributed by atoms with Crippen molar-refractivity contribution >= 4 is 67.8 Å². The maximum Gasteiger partial charge on any atom is 0.190 e. The van der Waals surface area contributed by atoms with Crippen LogP contribution in [0.5, 0.6) is 11.5 Å². The highest BCUT2D eigenvalue weighted by atomic mass is 127. The Morgan fingerprint density at radius 2 is 1.06 bits per heavy atom. The van der Waals surface area contributed by atoms with Gasteiger partial charge >= 0.3 is 0 Å². The van der Waals surface area contributed by atoms with E-state index in [1.54, 1.807) is 27.7 Å². The molecule has 48 heavy (non-hydrogen) atoms. The number of benzene rings is 2. The van der Waals surface area contributed by atoms with Crippen molar-refractivity contribution in [1.82, 2.24) is 0 Å². The van der Waals surface area contributed by atoms with Gasteiger partial charge < -0.3 is 58.3 Å². The predicted octanol–water partition coefficient (Wildman–Crippen LogP) is 4.07. The quantitative estimate of drug-likeness (QED) is 0.282. The van der Waals surface area contributed by atoms with Gasteiger partial charge in [0.25, 0.3) is 0 Å². The third kappa shape index (κ3) is 8.88. The Bertz CT molecular complexity index is 1300. The van der Waals surface area contributed by atoms with Crippen LogP contribution < -0.4 is 9.47 Å². The lowest BCUT2D eigenvalue weighted by Gasteiger charge is -2.26. The number of ether oxygens (including phenoxy) is 8. The molecule has 2 aromatic rings. The summed E-state index contributed by atoms with van der Waals surface area (Å²) in [7, 11) is 0. The minimum Gasteiger partial charge on any atom is -0.490 e. The zero-order valence-electron chi connectivity index (χ0n) is 27.7. The van der Waals surface area contributed by atoms with Gasteiger partial charge in [-0.15, -0.1) is 0 Å². The van der Waals surface area contributed by atoms with E-state index >= 15 is 0 Å². The molecule has 12 nitrogen and oxygen atoms in total. The van der Waals surface area contributed by atoms with Gasteiger partial charge in [-0.1, -0.05) is 17.7 Å². The predicted molar refractivity (Wildman–Crippen MR) is 198 cm³/mol. The number of rotatable bonds is 8. The van der Waals surface area contributed by atoms with Crippen molar-refractivity contribution in [3.8, 4) is 11.5 Å². The smallest absolute Gasteiger partial charge is 0.190 e. The van der Waals surface area contributed by atoms with Crippen molar-refractivity contribution in [2.45, 2.75) is 121 Å². The summed E-state index contributed by atoms with van der Waals surface area (Å²) in [5.41, 5.74) is 3.19. The molecule has 0 amide bonds. The average molecular weight is 1010 g/mol. The molecule has 10 atom stereocenters. The summed E-state index contributed by atoms with van der Waals surface area (Å²) in [5.74, 6) is -0.118. The number of aliphatic hydroxyl groups excluding tert-OH is 4. The van der Waals surface area contributed by atoms with Gasteiger partial charge in [0.05, 0.1) is 7.14 Å². The highest BCUT2D eigenvalue weighted by Gasteiger charge is 2.57. The lowest BCUT2D eigenvalue weighted by atomic mass is 10.1. The monoisotopic (exact) mass is 1010 g/mol. The Morgan fingerprint density at radius 3 is 1.46 bits per heavy atom. The first-order valence-electron chi connectivity index (χ1n) is 15.6. The van der Waals surface area contributed by atoms with Crippen LogP contribution >= 0.6 is 67.8 Å². The van der Waals surface area contributed by atoms with E-state index < -0.39 is 73.0 Å². The van der Waals surface area contributed by atoms with Crippen LogP contribution in [0, 0.1) is 31.5 Å². The van der Waals surface area contributed by atoms with E-state index in [-0.39, 0.29) is 13.2 Å². The van der Waals surface area contributed by atoms with Crippen molar-refractivity contribution in [3.05, 3.63) is 51.7 Å². The number of fused-ring (bicyclic) bond motifs is 2. The number of halogens is 3. The molecule has 15 heteroatoms. The maximum absolute atomic E-state index is 10.4. The Labute approximate surface area is 321 Å². The van der Waals surface area contributed by atoms with Gasteiger partial charge in [0.2, 0.25) is 0 Å². The average Bonchev–Trinajstić information content (AvgIpc) is 3.64. The lowest BCUT2D eigenvalue weighted by Crippen LogP contribution is -2.43. The molecule has 4 N–H and O–H groups in total. The standard InChI is InChI=1S/C18H26O6.C15H17I3O6/c1-9-6-10(2)14(11(3)7-9)21-8-12(19)15-13(20)16-17(22-15)24-18(4,5)23-16;1-15(2)23-13-10(20)12(22-14(13)24-15)9(19)5-21-11-7(17)3-6(16)4-8(11)18/h6-7,12-13,15-17,19-20H,8H2,1-5H3;3-4,9-10,12-14,19-20H,5H2,1-2H3. The molecule has 4 fully saturated rings. The Hall–Kier alpha value is -0.170. The van der Waals surface area contributed by atoms with Gasteiger partial charge in [0.15, 0.2) is 24.2 Å². The first-order valence-corrected chi connectivity index (χ1v) is 18.8. The number of hydrogen-bond donors (Lipinski definition) is 4. The third-order valence-corrected chi connectivity index (χ3v) is 10.5. The van der Waals surface area contributed by atoms with Crippen molar-refractivity contribution in [3.63, 3.8) is 0 Å². The van der Waals surface area contributed by atoms with Crippen LogP contribution in [0.25, 0.3) is 0 Å². The summed E-state index contributed by atoms with van der Waals surface area (Å²) in [6.07, 6.45) is -8.06. The fourth-order valence-corrected chi connectivity index (χ4v) is 10.2. The van der Waals surface area contributed by atoms with E-state index in [0.29, 0.717) is 0 Å². The summed E-state index contributed by atoms with van der Waals surface area (Å²) < 4.78 is 48.3. The largest absolute Gasteiger partial charge is 0.490 e. The van der Waals surface area contributed by atoms with E-state index in [9.17, 15) is 20.4 Å². The van der Waals surface area contributed by atoms with E-state index in [4.69, 9.17) is 37.9 Å². The molecule has 2 aromatic carbocycles. The van der Waals surface area contributed by atoms with Crippen LogP contribution in [0.4, 0.5) is 0 Å². The van der Waals surface area contributed by atoms with Crippen molar-refractivity contribution in [1.29, 1.82) is 0 Å². The Balaban J connectivity index is 0.000000188. The first-order chi connectivity index (χ1) is 22.4. The summed E-state index contributed by atoms with van der Waals surface area (Å²) in [6.45, 7) is 13.0. The second kappa shape index (κ2) is 15.4. The van der Waals surface area contributed by atoms with Gasteiger partial charge in [-0.05, 0) is 139 Å². The molecule has 4 aliphatic heterocycles. The molecule has 0 bridgehead atoms. The zero-order chi connectivity index (χ0) is 35.3. The molecule has 0 aromatic heterocycles. The molecular formula is C33H43I3O12. The highest BCUT2D eigenvalue weighted by molar-refractivity contribution is 14.1. The van der Waals surface area contributed by atoms with Crippen molar-refractivity contribution < 1.29 is 58.3 Å². The normalized spacial score (nSPS) is 32.6. The second-order valence-corrected chi connectivity index (χ2v) is 16.9. The minimum atomic E-state index is -0.994. The van der Waals surface area contributed by atoms with Gasteiger partial charge in [0, 0.05) is 3.57 Å². The molecule has 0 aliphatic carbocycles. The van der Waals surface area contributed by atoms with Crippen LogP contribution in [0.1, 0.15) is 44.4 Å². The van der Waals surface area contributed by atoms with E-state index in [2.05, 4.69) is 67.8 Å². The van der Waals surface area contributed by atoms with Gasteiger partial charge in [-0.25, -0.2) is 0 Å². The molecule has 4 heterocycles. The van der Waals surface area contributed by atoms with Crippen molar-refractivity contribution in [2.75, 3.05) is 13.2 Å². The molecule has 4 aliphatic rings. The summed E-state index contributed by atoms with van der Waals surface area (Å²) in [6, 6.07) is 8.06. The third-order valence-electron chi connectivity index (χ3n) is 8.23. The minimum absolute atomic E-state index is 0.0111.